The van der Waals surface area contributed by atoms with Crippen LogP contribution in [0.2, 0.25) is 0 Å². The van der Waals surface area contributed by atoms with Gasteiger partial charge in [0.2, 0.25) is 5.91 Å². The van der Waals surface area contributed by atoms with Crippen LogP contribution in [0.4, 0.5) is 22.0 Å². The fourth-order valence-corrected chi connectivity index (χ4v) is 2.84. The van der Waals surface area contributed by atoms with Crippen molar-refractivity contribution in [2.45, 2.75) is 45.0 Å². The second-order valence-electron chi connectivity index (χ2n) is 6.87. The quantitative estimate of drug-likeness (QED) is 0.577. The molecular weight excluding hydrogens is 409 g/mol. The summed E-state index contributed by atoms with van der Waals surface area (Å²) >= 11 is 0. The molecule has 0 saturated carbocycles. The molecule has 0 aliphatic rings. The topological polar surface area (TPSA) is 72.7 Å². The van der Waals surface area contributed by atoms with Gasteiger partial charge in [0, 0.05) is 18.5 Å². The summed E-state index contributed by atoms with van der Waals surface area (Å²) in [6, 6.07) is 3.53. The number of nitrogens with one attached hydrogen (secondary N) is 1. The van der Waals surface area contributed by atoms with E-state index in [1.54, 1.807) is 6.92 Å². The third kappa shape index (κ3) is 4.71. The zero-order valence-corrected chi connectivity index (χ0v) is 16.0. The lowest BCUT2D eigenvalue weighted by Gasteiger charge is -2.14. The monoisotopic (exact) mass is 427 g/mol. The molecule has 30 heavy (non-hydrogen) atoms. The van der Waals surface area contributed by atoms with Crippen molar-refractivity contribution in [3.05, 3.63) is 53.7 Å². The molecule has 0 fully saturated rings. The van der Waals surface area contributed by atoms with Crippen LogP contribution >= 0.6 is 0 Å². The summed E-state index contributed by atoms with van der Waals surface area (Å²) in [5.74, 6) is -3.45. The van der Waals surface area contributed by atoms with Crippen molar-refractivity contribution in [1.29, 1.82) is 0 Å². The number of halogens is 5. The van der Waals surface area contributed by atoms with Crippen LogP contribution in [0, 0.1) is 0 Å². The second kappa shape index (κ2) is 8.33. The van der Waals surface area contributed by atoms with E-state index >= 15 is 0 Å². The molecule has 0 saturated heterocycles. The maximum Gasteiger partial charge on any atom is 0.289 e. The third-order valence-electron chi connectivity index (χ3n) is 4.40. The zero-order chi connectivity index (χ0) is 22.1. The first-order chi connectivity index (χ1) is 14.1. The molecule has 0 aromatic carbocycles. The molecule has 3 heterocycles. The predicted octanol–water partition coefficient (Wildman–Crippen LogP) is 4.09. The van der Waals surface area contributed by atoms with Gasteiger partial charge in [-0.1, -0.05) is 6.07 Å². The highest BCUT2D eigenvalue weighted by atomic mass is 19.3. The van der Waals surface area contributed by atoms with E-state index < -0.39 is 24.7 Å². The number of pyridine rings is 2. The highest BCUT2D eigenvalue weighted by Crippen LogP contribution is 2.26. The largest absolute Gasteiger partial charge is 0.348 e. The fourth-order valence-electron chi connectivity index (χ4n) is 2.84. The van der Waals surface area contributed by atoms with Crippen molar-refractivity contribution < 1.29 is 26.7 Å². The van der Waals surface area contributed by atoms with E-state index in [1.807, 2.05) is 0 Å². The summed E-state index contributed by atoms with van der Waals surface area (Å²) in [5.41, 5.74) is 0.588. The molecule has 2 atom stereocenters. The molecule has 0 bridgehead atoms. The van der Waals surface area contributed by atoms with Crippen LogP contribution in [-0.2, 0) is 17.1 Å². The highest BCUT2D eigenvalue weighted by Gasteiger charge is 2.26. The number of nitrogens with zero attached hydrogens (tertiary/aromatic N) is 4. The van der Waals surface area contributed by atoms with Gasteiger partial charge in [-0.05, 0) is 24.6 Å². The second-order valence-corrected chi connectivity index (χ2v) is 6.87. The Kier molecular flexibility index (Phi) is 5.99. The molecule has 0 spiro atoms. The van der Waals surface area contributed by atoms with Crippen molar-refractivity contribution in [3.63, 3.8) is 0 Å². The summed E-state index contributed by atoms with van der Waals surface area (Å²) in [6.07, 6.45) is -2.22. The van der Waals surface area contributed by atoms with Gasteiger partial charge in [0.1, 0.15) is 5.69 Å². The zero-order valence-electron chi connectivity index (χ0n) is 16.0. The van der Waals surface area contributed by atoms with Crippen LogP contribution in [0.25, 0.3) is 10.9 Å². The summed E-state index contributed by atoms with van der Waals surface area (Å²) in [5, 5.41) is 6.73. The van der Waals surface area contributed by atoms with Crippen molar-refractivity contribution in [3.8, 4) is 0 Å². The summed E-state index contributed by atoms with van der Waals surface area (Å²) < 4.78 is 65.7. The molecular formula is C19H18F5N5O. The molecule has 2 unspecified atom stereocenters. The van der Waals surface area contributed by atoms with Crippen LogP contribution < -0.4 is 5.32 Å². The van der Waals surface area contributed by atoms with Gasteiger partial charge in [0.25, 0.3) is 18.6 Å². The lowest BCUT2D eigenvalue weighted by molar-refractivity contribution is -0.121. The Morgan fingerprint density at radius 3 is 2.50 bits per heavy atom. The number of carbonyl (C=O) groups excluding carboxylic acids is 1. The van der Waals surface area contributed by atoms with Gasteiger partial charge in [0.15, 0.2) is 0 Å². The van der Waals surface area contributed by atoms with E-state index in [1.165, 1.54) is 30.7 Å². The standard InChI is InChI=1S/C19H18F5N5O/c1-10(28-16(30)5-11-3-4-15(26-7-11)19(2,23)24)13-6-12-8-27-29(14(12)9-25-13)18(22)17(20)21/h3-4,6-10,17-18H,5H2,1-2H3,(H,28,30). The minimum atomic E-state index is -3.22. The molecule has 0 radical (unpaired) electrons. The molecule has 160 valence electrons. The predicted molar refractivity (Wildman–Crippen MR) is 97.7 cm³/mol. The van der Waals surface area contributed by atoms with Gasteiger partial charge in [-0.2, -0.15) is 13.9 Å². The van der Waals surface area contributed by atoms with Gasteiger partial charge in [-0.15, -0.1) is 0 Å². The van der Waals surface area contributed by atoms with Gasteiger partial charge in [0.05, 0.1) is 36.1 Å². The highest BCUT2D eigenvalue weighted by molar-refractivity contribution is 5.80. The van der Waals surface area contributed by atoms with Crippen LogP contribution in [0.3, 0.4) is 0 Å². The van der Waals surface area contributed by atoms with Crippen LogP contribution in [0.15, 0.2) is 36.8 Å². The minimum absolute atomic E-state index is 0.0784. The van der Waals surface area contributed by atoms with E-state index in [0.29, 0.717) is 21.3 Å². The van der Waals surface area contributed by atoms with Gasteiger partial charge < -0.3 is 5.32 Å². The molecule has 0 aliphatic carbocycles. The molecule has 1 amide bonds. The van der Waals surface area contributed by atoms with Crippen LogP contribution in [0.1, 0.15) is 43.1 Å². The third-order valence-corrected chi connectivity index (χ3v) is 4.40. The molecule has 3 aromatic heterocycles. The number of alkyl halides is 5. The Morgan fingerprint density at radius 2 is 1.90 bits per heavy atom. The molecule has 3 rings (SSSR count). The van der Waals surface area contributed by atoms with Gasteiger partial charge in [-0.3, -0.25) is 14.8 Å². The number of carbonyl (C=O) groups is 1. The number of rotatable bonds is 7. The Labute approximate surface area is 168 Å². The minimum Gasteiger partial charge on any atom is -0.348 e. The van der Waals surface area contributed by atoms with E-state index in [2.05, 4.69) is 20.4 Å². The van der Waals surface area contributed by atoms with E-state index in [9.17, 15) is 26.7 Å². The average Bonchev–Trinajstić information content (AvgIpc) is 3.10. The maximum absolute atomic E-state index is 13.6. The lowest BCUT2D eigenvalue weighted by Crippen LogP contribution is -2.28. The van der Waals surface area contributed by atoms with Crippen molar-refractivity contribution in [2.24, 2.45) is 0 Å². The van der Waals surface area contributed by atoms with Gasteiger partial charge in [-0.25, -0.2) is 17.9 Å². The van der Waals surface area contributed by atoms with Crippen molar-refractivity contribution in [1.82, 2.24) is 25.1 Å². The first-order valence-corrected chi connectivity index (χ1v) is 8.94. The Hall–Kier alpha value is -3.11. The first kappa shape index (κ1) is 21.6. The van der Waals surface area contributed by atoms with Crippen molar-refractivity contribution >= 4 is 16.8 Å². The lowest BCUT2D eigenvalue weighted by atomic mass is 10.1. The summed E-state index contributed by atoms with van der Waals surface area (Å²) in [7, 11) is 0. The molecule has 3 aromatic rings. The maximum atomic E-state index is 13.6. The Balaban J connectivity index is 1.67. The smallest absolute Gasteiger partial charge is 0.289 e. The van der Waals surface area contributed by atoms with Crippen LogP contribution in [0.5, 0.6) is 0 Å². The summed E-state index contributed by atoms with van der Waals surface area (Å²) in [6.45, 7) is 2.39. The summed E-state index contributed by atoms with van der Waals surface area (Å²) in [4.78, 5) is 20.0. The molecule has 0 aliphatic heterocycles. The van der Waals surface area contributed by atoms with E-state index in [4.69, 9.17) is 0 Å². The van der Waals surface area contributed by atoms with E-state index in [0.717, 1.165) is 13.0 Å². The van der Waals surface area contributed by atoms with Gasteiger partial charge >= 0.3 is 0 Å². The number of hydrogen-bond donors (Lipinski definition) is 1. The molecule has 1 N–H and O–H groups in total. The first-order valence-electron chi connectivity index (χ1n) is 8.94. The SMILES string of the molecule is CC(NC(=O)Cc1ccc(C(C)(F)F)nc1)c1cc2cnn(C(F)C(F)F)c2cn1. The number of fused-ring (bicyclic) bond motifs is 1. The average molecular weight is 427 g/mol. The number of amides is 1. The fraction of sp³-hybridized carbons (Fsp3) is 0.368. The van der Waals surface area contributed by atoms with Crippen LogP contribution in [-0.4, -0.2) is 32.1 Å². The number of aromatic nitrogens is 4. The van der Waals surface area contributed by atoms with Crippen molar-refractivity contribution in [2.75, 3.05) is 0 Å². The Bertz CT molecular complexity index is 1030. The van der Waals surface area contributed by atoms with E-state index in [-0.39, 0.29) is 23.5 Å². The molecule has 11 heteroatoms. The molecule has 6 nitrogen and oxygen atoms in total. The Morgan fingerprint density at radius 1 is 1.17 bits per heavy atom. The normalized spacial score (nSPS) is 14.1. The number of hydrogen-bond acceptors (Lipinski definition) is 4.